The number of aromatic nitrogens is 1. The molecule has 5 rings (SSSR count). The van der Waals surface area contributed by atoms with Gasteiger partial charge in [0.05, 0.1) is 10.2 Å². The second-order valence-electron chi connectivity index (χ2n) is 13.3. The molecule has 0 saturated heterocycles. The molecule has 6 amide bonds. The number of amides is 6. The average Bonchev–Trinajstić information content (AvgIpc) is 3.81. The highest BCUT2D eigenvalue weighted by molar-refractivity contribution is 7.17. The van der Waals surface area contributed by atoms with Gasteiger partial charge in [-0.15, -0.1) is 11.3 Å². The Kier molecular flexibility index (Phi) is 13.2. The number of anilines is 1. The van der Waals surface area contributed by atoms with Crippen LogP contribution in [0.15, 0.2) is 53.9 Å². The van der Waals surface area contributed by atoms with Gasteiger partial charge >= 0.3 is 0 Å². The molecule has 0 unspecified atom stereocenters. The standard InChI is InChI=1S/C38H48N6O6S/c1-3-42(29-10-8-9-26(2)23-29)36(48)25-44-30-18-22-51-32(30)24-31(44)38(50)41-28-13-11-27(12-14-28)37(49)40-20-7-5-4-6-19-39-33(45)17-21-43-34(46)15-16-35(43)47/h8-10,15-16,18,22-24,27-28H,3-7,11-14,17,19-21,25H2,1-2H3,(H,39,45)(H,40,49)(H,41,50)/t27-,28-. The number of imide groups is 1. The molecule has 0 spiro atoms. The Hall–Kier alpha value is -4.78. The number of benzene rings is 1. The maximum absolute atomic E-state index is 13.6. The number of thiophene rings is 1. The van der Waals surface area contributed by atoms with Gasteiger partial charge in [-0.3, -0.25) is 33.7 Å². The number of hydrogen-bond acceptors (Lipinski definition) is 7. The molecule has 51 heavy (non-hydrogen) atoms. The third-order valence-electron chi connectivity index (χ3n) is 9.60. The first-order valence-electron chi connectivity index (χ1n) is 18.0. The molecule has 2 aromatic heterocycles. The summed E-state index contributed by atoms with van der Waals surface area (Å²) in [6, 6.07) is 11.6. The zero-order valence-electron chi connectivity index (χ0n) is 29.4. The van der Waals surface area contributed by atoms with Crippen LogP contribution in [-0.4, -0.2) is 77.1 Å². The van der Waals surface area contributed by atoms with Crippen molar-refractivity contribution in [3.05, 3.63) is 65.2 Å². The van der Waals surface area contributed by atoms with Crippen LogP contribution in [0.3, 0.4) is 0 Å². The lowest BCUT2D eigenvalue weighted by atomic mass is 9.85. The molecule has 1 aliphatic carbocycles. The molecule has 1 fully saturated rings. The van der Waals surface area contributed by atoms with Crippen LogP contribution in [0.1, 0.15) is 80.8 Å². The van der Waals surface area contributed by atoms with E-state index in [0.717, 1.165) is 52.1 Å². The van der Waals surface area contributed by atoms with E-state index in [1.165, 1.54) is 12.2 Å². The van der Waals surface area contributed by atoms with Gasteiger partial charge in [0.2, 0.25) is 17.7 Å². The third kappa shape index (κ3) is 9.93. The number of unbranched alkanes of at least 4 members (excludes halogenated alkanes) is 3. The van der Waals surface area contributed by atoms with Crippen LogP contribution in [0.2, 0.25) is 0 Å². The van der Waals surface area contributed by atoms with Gasteiger partial charge in [-0.1, -0.05) is 25.0 Å². The molecule has 0 bridgehead atoms. The first-order valence-corrected chi connectivity index (χ1v) is 18.8. The molecule has 272 valence electrons. The highest BCUT2D eigenvalue weighted by Gasteiger charge is 2.29. The number of nitrogens with one attached hydrogen (secondary N) is 3. The lowest BCUT2D eigenvalue weighted by Gasteiger charge is -2.28. The van der Waals surface area contributed by atoms with E-state index in [4.69, 9.17) is 0 Å². The van der Waals surface area contributed by atoms with E-state index in [0.29, 0.717) is 51.0 Å². The number of carbonyl (C=O) groups is 6. The van der Waals surface area contributed by atoms with Crippen LogP contribution < -0.4 is 20.9 Å². The minimum atomic E-state index is -0.386. The number of aryl methyl sites for hydroxylation is 1. The molecule has 3 heterocycles. The van der Waals surface area contributed by atoms with Crippen molar-refractivity contribution in [2.24, 2.45) is 5.92 Å². The highest BCUT2D eigenvalue weighted by Crippen LogP contribution is 2.28. The van der Waals surface area contributed by atoms with Gasteiger partial charge in [0.15, 0.2) is 0 Å². The molecule has 2 aliphatic rings. The van der Waals surface area contributed by atoms with Gasteiger partial charge in [0, 0.05) is 62.4 Å². The monoisotopic (exact) mass is 716 g/mol. The number of rotatable bonds is 17. The molecule has 1 aromatic carbocycles. The lowest BCUT2D eigenvalue weighted by Crippen LogP contribution is -2.42. The predicted octanol–water partition coefficient (Wildman–Crippen LogP) is 4.46. The van der Waals surface area contributed by atoms with Crippen molar-refractivity contribution in [2.75, 3.05) is 31.1 Å². The summed E-state index contributed by atoms with van der Waals surface area (Å²) in [6.07, 6.45) is 8.80. The summed E-state index contributed by atoms with van der Waals surface area (Å²) in [5.74, 6) is -1.28. The van der Waals surface area contributed by atoms with E-state index in [1.807, 2.05) is 60.2 Å². The van der Waals surface area contributed by atoms with Crippen molar-refractivity contribution >= 4 is 62.7 Å². The highest BCUT2D eigenvalue weighted by atomic mass is 32.1. The molecule has 1 saturated carbocycles. The fourth-order valence-corrected chi connectivity index (χ4v) is 7.58. The maximum Gasteiger partial charge on any atom is 0.268 e. The molecule has 3 aromatic rings. The van der Waals surface area contributed by atoms with E-state index in [9.17, 15) is 28.8 Å². The van der Waals surface area contributed by atoms with Gasteiger partial charge in [-0.25, -0.2) is 0 Å². The van der Waals surface area contributed by atoms with Crippen molar-refractivity contribution < 1.29 is 28.8 Å². The summed E-state index contributed by atoms with van der Waals surface area (Å²) in [7, 11) is 0. The van der Waals surface area contributed by atoms with Crippen LogP contribution in [0.25, 0.3) is 10.2 Å². The Labute approximate surface area is 302 Å². The SMILES string of the molecule is CCN(C(=O)Cn1c(C(=O)N[C@H]2CC[C@H](C(=O)NCCCCCCNC(=O)CCN3C(=O)C=CC3=O)CC2)cc2sccc21)c1cccc(C)c1. The van der Waals surface area contributed by atoms with Crippen molar-refractivity contribution in [3.8, 4) is 0 Å². The first kappa shape index (κ1) is 37.5. The second-order valence-corrected chi connectivity index (χ2v) is 14.2. The lowest BCUT2D eigenvalue weighted by molar-refractivity contribution is -0.137. The quantitative estimate of drug-likeness (QED) is 0.139. The largest absolute Gasteiger partial charge is 0.356 e. The Bertz CT molecular complexity index is 1750. The minimum Gasteiger partial charge on any atom is -0.356 e. The van der Waals surface area contributed by atoms with Crippen LogP contribution in [-0.2, 0) is 30.5 Å². The van der Waals surface area contributed by atoms with Crippen molar-refractivity contribution in [1.29, 1.82) is 0 Å². The fourth-order valence-electron chi connectivity index (χ4n) is 6.75. The smallest absolute Gasteiger partial charge is 0.268 e. The molecule has 0 radical (unpaired) electrons. The predicted molar refractivity (Wildman–Crippen MR) is 197 cm³/mol. The fraction of sp³-hybridized carbons (Fsp3) is 0.474. The van der Waals surface area contributed by atoms with Gasteiger partial charge in [0.25, 0.3) is 17.7 Å². The zero-order valence-corrected chi connectivity index (χ0v) is 30.3. The van der Waals surface area contributed by atoms with Crippen molar-refractivity contribution in [2.45, 2.75) is 84.2 Å². The van der Waals surface area contributed by atoms with E-state index < -0.39 is 0 Å². The van der Waals surface area contributed by atoms with Crippen LogP contribution in [0.5, 0.6) is 0 Å². The van der Waals surface area contributed by atoms with Gasteiger partial charge in [-0.2, -0.15) is 0 Å². The molecule has 0 atom stereocenters. The number of likely N-dealkylation sites (N-methyl/N-ethyl adjacent to an activating group) is 1. The Morgan fingerprint density at radius 2 is 1.61 bits per heavy atom. The third-order valence-corrected chi connectivity index (χ3v) is 10.5. The summed E-state index contributed by atoms with van der Waals surface area (Å²) in [4.78, 5) is 77.9. The number of carbonyl (C=O) groups excluding carboxylic acids is 6. The summed E-state index contributed by atoms with van der Waals surface area (Å²) in [5.41, 5.74) is 3.25. The summed E-state index contributed by atoms with van der Waals surface area (Å²) < 4.78 is 2.78. The average molecular weight is 717 g/mol. The van der Waals surface area contributed by atoms with E-state index >= 15 is 0 Å². The number of hydrogen-bond donors (Lipinski definition) is 3. The summed E-state index contributed by atoms with van der Waals surface area (Å²) in [6.45, 7) is 5.72. The van der Waals surface area contributed by atoms with E-state index in [-0.39, 0.29) is 66.9 Å². The number of fused-ring (bicyclic) bond motifs is 1. The summed E-state index contributed by atoms with van der Waals surface area (Å²) >= 11 is 1.54. The molecule has 3 N–H and O–H groups in total. The van der Waals surface area contributed by atoms with E-state index in [1.54, 1.807) is 16.2 Å². The summed E-state index contributed by atoms with van der Waals surface area (Å²) in [5, 5.41) is 11.0. The normalized spacial score (nSPS) is 17.2. The minimum absolute atomic E-state index is 0.0410. The molecular weight excluding hydrogens is 669 g/mol. The number of nitrogens with zero attached hydrogens (tertiary/aromatic N) is 3. The van der Waals surface area contributed by atoms with Crippen LogP contribution >= 0.6 is 11.3 Å². The van der Waals surface area contributed by atoms with Crippen molar-refractivity contribution in [3.63, 3.8) is 0 Å². The maximum atomic E-state index is 13.6. The van der Waals surface area contributed by atoms with Crippen molar-refractivity contribution in [1.82, 2.24) is 25.4 Å². The van der Waals surface area contributed by atoms with Gasteiger partial charge < -0.3 is 25.4 Å². The zero-order chi connectivity index (χ0) is 36.3. The molecule has 13 heteroatoms. The van der Waals surface area contributed by atoms with Crippen LogP contribution in [0.4, 0.5) is 5.69 Å². The topological polar surface area (TPSA) is 150 Å². The first-order chi connectivity index (χ1) is 24.6. The molecular formula is C38H48N6O6S. The van der Waals surface area contributed by atoms with E-state index in [2.05, 4.69) is 16.0 Å². The Morgan fingerprint density at radius 1 is 0.902 bits per heavy atom. The second kappa shape index (κ2) is 17.9. The molecule has 1 aliphatic heterocycles. The van der Waals surface area contributed by atoms with Gasteiger partial charge in [-0.05, 0) is 87.6 Å². The molecule has 12 nitrogen and oxygen atoms in total. The Morgan fingerprint density at radius 3 is 2.29 bits per heavy atom. The van der Waals surface area contributed by atoms with Gasteiger partial charge in [0.1, 0.15) is 12.2 Å². The Balaban J connectivity index is 0.985. The van der Waals surface area contributed by atoms with Crippen LogP contribution in [0, 0.1) is 12.8 Å².